The van der Waals surface area contributed by atoms with Gasteiger partial charge in [0.1, 0.15) is 5.52 Å². The molecule has 0 fully saturated rings. The summed E-state index contributed by atoms with van der Waals surface area (Å²) in [5.41, 5.74) is 3.75. The second-order valence-electron chi connectivity index (χ2n) is 5.13. The summed E-state index contributed by atoms with van der Waals surface area (Å²) in [6.45, 7) is 0. The van der Waals surface area contributed by atoms with Gasteiger partial charge in [-0.05, 0) is 5.39 Å². The first-order valence-corrected chi connectivity index (χ1v) is 6.83. The predicted molar refractivity (Wildman–Crippen MR) is 83.3 cm³/mol. The van der Waals surface area contributed by atoms with E-state index in [1.54, 1.807) is 0 Å². The molecule has 0 unspecified atom stereocenters. The molecular formula is C17H10N4. The van der Waals surface area contributed by atoms with Crippen LogP contribution in [0.5, 0.6) is 0 Å². The van der Waals surface area contributed by atoms with E-state index >= 15 is 0 Å². The molecule has 0 amide bonds. The highest BCUT2D eigenvalue weighted by Crippen LogP contribution is 2.40. The molecule has 0 saturated heterocycles. The van der Waals surface area contributed by atoms with Crippen LogP contribution in [0.4, 0.5) is 0 Å². The molecule has 0 aliphatic carbocycles. The van der Waals surface area contributed by atoms with Crippen molar-refractivity contribution in [1.82, 2.24) is 20.4 Å². The van der Waals surface area contributed by atoms with Crippen molar-refractivity contribution in [2.75, 3.05) is 0 Å². The largest absolute Gasteiger partial charge is 0.275 e. The fourth-order valence-corrected chi connectivity index (χ4v) is 3.08. The lowest BCUT2D eigenvalue weighted by molar-refractivity contribution is 1.04. The first-order valence-electron chi connectivity index (χ1n) is 6.83. The zero-order valence-electron chi connectivity index (χ0n) is 11.0. The Labute approximate surface area is 119 Å². The van der Waals surface area contributed by atoms with Gasteiger partial charge < -0.3 is 0 Å². The van der Waals surface area contributed by atoms with Crippen molar-refractivity contribution >= 4 is 32.7 Å². The van der Waals surface area contributed by atoms with Crippen LogP contribution in [-0.4, -0.2) is 20.4 Å². The number of nitrogens with zero attached hydrogens (tertiary/aromatic N) is 3. The maximum absolute atomic E-state index is 4.36. The summed E-state index contributed by atoms with van der Waals surface area (Å²) in [7, 11) is 0. The first-order chi connectivity index (χ1) is 10.4. The molecule has 0 saturated carbocycles. The summed E-state index contributed by atoms with van der Waals surface area (Å²) >= 11 is 0. The first kappa shape index (κ1) is 10.7. The standard InChI is InChI=1S/C17H10N4/c1-2-6-10(7-3-1)15-13-11-8-4-5-9-12(11)16-14(13)17(20-18-15)21-19-16/h1-9,18H. The Hall–Kier alpha value is -3.01. The van der Waals surface area contributed by atoms with E-state index in [-0.39, 0.29) is 0 Å². The lowest BCUT2D eigenvalue weighted by atomic mass is 10.1. The molecule has 0 aliphatic heterocycles. The van der Waals surface area contributed by atoms with E-state index in [1.165, 1.54) is 5.39 Å². The van der Waals surface area contributed by atoms with Crippen LogP contribution < -0.4 is 0 Å². The van der Waals surface area contributed by atoms with E-state index < -0.39 is 0 Å². The minimum Gasteiger partial charge on any atom is -0.275 e. The Kier molecular flexibility index (Phi) is 1.92. The van der Waals surface area contributed by atoms with E-state index in [0.29, 0.717) is 5.65 Å². The number of H-pyrrole nitrogens is 1. The number of fused-ring (bicyclic) bond motifs is 3. The zero-order chi connectivity index (χ0) is 13.8. The number of aromatic amines is 1. The van der Waals surface area contributed by atoms with Gasteiger partial charge in [0.25, 0.3) is 0 Å². The molecule has 0 spiro atoms. The minimum atomic E-state index is 0.677. The maximum Gasteiger partial charge on any atom is 0.204 e. The summed E-state index contributed by atoms with van der Waals surface area (Å²) in [5, 5.41) is 20.5. The molecule has 2 heterocycles. The van der Waals surface area contributed by atoms with Crippen molar-refractivity contribution in [2.24, 2.45) is 0 Å². The highest BCUT2D eigenvalue weighted by molar-refractivity contribution is 6.30. The summed E-state index contributed by atoms with van der Waals surface area (Å²) in [5.74, 6) is 0. The van der Waals surface area contributed by atoms with Gasteiger partial charge in [-0.15, -0.1) is 10.2 Å². The molecule has 4 heteroatoms. The highest BCUT2D eigenvalue weighted by atomic mass is 15.2. The van der Waals surface area contributed by atoms with Crippen molar-refractivity contribution in [3.8, 4) is 11.3 Å². The number of hydrogen-bond donors (Lipinski definition) is 1. The van der Waals surface area contributed by atoms with Gasteiger partial charge in [0.2, 0.25) is 5.65 Å². The van der Waals surface area contributed by atoms with Crippen molar-refractivity contribution in [3.05, 3.63) is 54.6 Å². The number of aromatic nitrogens is 4. The second kappa shape index (κ2) is 3.76. The molecule has 0 atom stereocenters. The van der Waals surface area contributed by atoms with Crippen LogP contribution in [0.25, 0.3) is 44.0 Å². The number of benzene rings is 2. The molecule has 0 aliphatic rings. The quantitative estimate of drug-likeness (QED) is 0.504. The van der Waals surface area contributed by atoms with E-state index in [4.69, 9.17) is 0 Å². The molecule has 0 bridgehead atoms. The Balaban J connectivity index is 2.07. The van der Waals surface area contributed by atoms with Crippen LogP contribution in [0.1, 0.15) is 0 Å². The molecule has 2 aromatic heterocycles. The lowest BCUT2D eigenvalue weighted by Crippen LogP contribution is -1.89. The van der Waals surface area contributed by atoms with Gasteiger partial charge in [-0.1, -0.05) is 54.6 Å². The number of rotatable bonds is 1. The van der Waals surface area contributed by atoms with Crippen molar-refractivity contribution in [2.45, 2.75) is 0 Å². The van der Waals surface area contributed by atoms with Crippen LogP contribution in [0.15, 0.2) is 54.6 Å². The third kappa shape index (κ3) is 1.31. The average Bonchev–Trinajstić information content (AvgIpc) is 3.12. The van der Waals surface area contributed by atoms with Crippen molar-refractivity contribution in [1.29, 1.82) is 0 Å². The van der Waals surface area contributed by atoms with Gasteiger partial charge in [0.15, 0.2) is 0 Å². The van der Waals surface area contributed by atoms with Crippen molar-refractivity contribution < 1.29 is 0 Å². The fraction of sp³-hybridized carbons (Fsp3) is 0. The van der Waals surface area contributed by atoms with Crippen LogP contribution in [0.3, 0.4) is 0 Å². The Morgan fingerprint density at radius 1 is 0.714 bits per heavy atom. The van der Waals surface area contributed by atoms with E-state index in [9.17, 15) is 0 Å². The van der Waals surface area contributed by atoms with Gasteiger partial charge in [-0.25, -0.2) is 0 Å². The topological polar surface area (TPSA) is 54.5 Å². The normalized spacial score (nSPS) is 11.8. The Morgan fingerprint density at radius 2 is 1.48 bits per heavy atom. The SMILES string of the molecule is c1ccc(-c2[nH]nc3nnc4c5ccccc5c2c34)cc1. The monoisotopic (exact) mass is 270 g/mol. The van der Waals surface area contributed by atoms with Crippen LogP contribution in [0, 0.1) is 0 Å². The molecule has 5 rings (SSSR count). The minimum absolute atomic E-state index is 0.677. The van der Waals surface area contributed by atoms with Gasteiger partial charge >= 0.3 is 0 Å². The molecule has 0 radical (unpaired) electrons. The van der Waals surface area contributed by atoms with Gasteiger partial charge in [-0.2, -0.15) is 5.10 Å². The van der Waals surface area contributed by atoms with Gasteiger partial charge in [0.05, 0.1) is 11.1 Å². The van der Waals surface area contributed by atoms with Gasteiger partial charge in [0, 0.05) is 16.3 Å². The third-order valence-corrected chi connectivity index (χ3v) is 3.99. The summed E-state index contributed by atoms with van der Waals surface area (Å²) in [4.78, 5) is 0. The lowest BCUT2D eigenvalue weighted by Gasteiger charge is -2.04. The predicted octanol–water partition coefficient (Wildman–Crippen LogP) is 3.76. The number of nitrogens with one attached hydrogen (secondary N) is 1. The molecule has 98 valence electrons. The summed E-state index contributed by atoms with van der Waals surface area (Å²) in [6.07, 6.45) is 0. The molecule has 5 aromatic rings. The molecule has 4 nitrogen and oxygen atoms in total. The summed E-state index contributed by atoms with van der Waals surface area (Å²) < 4.78 is 0. The zero-order valence-corrected chi connectivity index (χ0v) is 11.0. The Morgan fingerprint density at radius 3 is 2.33 bits per heavy atom. The van der Waals surface area contributed by atoms with Crippen LogP contribution >= 0.6 is 0 Å². The maximum atomic E-state index is 4.36. The average molecular weight is 270 g/mol. The molecule has 3 aromatic carbocycles. The second-order valence-corrected chi connectivity index (χ2v) is 5.13. The number of hydrogen-bond acceptors (Lipinski definition) is 3. The van der Waals surface area contributed by atoms with Gasteiger partial charge in [-0.3, -0.25) is 5.10 Å². The van der Waals surface area contributed by atoms with Crippen molar-refractivity contribution in [3.63, 3.8) is 0 Å². The van der Waals surface area contributed by atoms with E-state index in [2.05, 4.69) is 50.7 Å². The van der Waals surface area contributed by atoms with E-state index in [0.717, 1.165) is 32.9 Å². The third-order valence-electron chi connectivity index (χ3n) is 3.99. The molecular weight excluding hydrogens is 260 g/mol. The highest BCUT2D eigenvalue weighted by Gasteiger charge is 2.19. The summed E-state index contributed by atoms with van der Waals surface area (Å²) in [6, 6.07) is 18.6. The van der Waals surface area contributed by atoms with E-state index in [1.807, 2.05) is 24.3 Å². The van der Waals surface area contributed by atoms with Crippen LogP contribution in [-0.2, 0) is 0 Å². The Bertz CT molecular complexity index is 1080. The molecule has 1 N–H and O–H groups in total. The molecule has 21 heavy (non-hydrogen) atoms. The van der Waals surface area contributed by atoms with Crippen LogP contribution in [0.2, 0.25) is 0 Å². The smallest absolute Gasteiger partial charge is 0.204 e. The fourth-order valence-electron chi connectivity index (χ4n) is 3.08.